The smallest absolute Gasteiger partial charge is 0.237 e. The number of imidazole rings is 4. The molecule has 0 aliphatic heterocycles. The molecule has 8 heteroatoms. The van der Waals surface area contributed by atoms with Crippen LogP contribution >= 0.6 is 0 Å². The van der Waals surface area contributed by atoms with Gasteiger partial charge in [-0.25, -0.2) is 24.5 Å². The number of rotatable bonds is 3. The molecular formula is C40H24N8. The molecule has 5 heterocycles. The summed E-state index contributed by atoms with van der Waals surface area (Å²) in [5.74, 6) is 2.26. The van der Waals surface area contributed by atoms with E-state index in [0.29, 0.717) is 5.95 Å². The van der Waals surface area contributed by atoms with Crippen molar-refractivity contribution in [3.63, 3.8) is 0 Å². The van der Waals surface area contributed by atoms with Crippen LogP contribution in [0.15, 0.2) is 146 Å². The molecular weight excluding hydrogens is 592 g/mol. The van der Waals surface area contributed by atoms with E-state index >= 15 is 0 Å². The van der Waals surface area contributed by atoms with E-state index in [0.717, 1.165) is 83.4 Å². The standard InChI is InChI=1S/C40H24N8/c1-2-11-28(12-3-1)45-34-20-18-25(22-36(34)46-32-16-8-6-14-30(32)43-39(45)46)26-19-21-35-37(23-26)47-33-17-9-7-15-31(33)44-40(47)48(35)38-41-24-27-10-4-5-13-29(27)42-38/h1-24H. The number of para-hydroxylation sites is 6. The highest BCUT2D eigenvalue weighted by atomic mass is 15.3. The fourth-order valence-electron chi connectivity index (χ4n) is 7.26. The lowest BCUT2D eigenvalue weighted by molar-refractivity contribution is 0.984. The van der Waals surface area contributed by atoms with Gasteiger partial charge >= 0.3 is 0 Å². The van der Waals surface area contributed by atoms with E-state index in [9.17, 15) is 0 Å². The van der Waals surface area contributed by atoms with Crippen LogP contribution in [0.25, 0.3) is 89.4 Å². The third-order valence-corrected chi connectivity index (χ3v) is 9.42. The second-order valence-electron chi connectivity index (χ2n) is 12.1. The van der Waals surface area contributed by atoms with Crippen LogP contribution in [-0.2, 0) is 0 Å². The summed E-state index contributed by atoms with van der Waals surface area (Å²) < 4.78 is 8.80. The predicted molar refractivity (Wildman–Crippen MR) is 191 cm³/mol. The SMILES string of the molecule is c1ccc(-n2c3ccc(-c4ccc5c(c4)n4c6ccccc6nc4n5-c4ncc5ccccc5n4)cc3n3c4ccccc4nc23)cc1. The minimum absolute atomic E-state index is 0.592. The molecule has 11 aromatic rings. The number of hydrogen-bond donors (Lipinski definition) is 0. The maximum absolute atomic E-state index is 5.08. The molecule has 0 fully saturated rings. The van der Waals surface area contributed by atoms with Gasteiger partial charge < -0.3 is 0 Å². The second-order valence-corrected chi connectivity index (χ2v) is 12.1. The maximum atomic E-state index is 5.08. The zero-order valence-electron chi connectivity index (χ0n) is 25.4. The predicted octanol–water partition coefficient (Wildman–Crippen LogP) is 8.79. The minimum Gasteiger partial charge on any atom is -0.278 e. The van der Waals surface area contributed by atoms with Gasteiger partial charge in [-0.2, -0.15) is 0 Å². The number of nitrogens with zero attached hydrogens (tertiary/aromatic N) is 8. The molecule has 0 amide bonds. The molecule has 0 spiro atoms. The molecule has 0 radical (unpaired) electrons. The van der Waals surface area contributed by atoms with Crippen LogP contribution in [-0.4, -0.2) is 37.9 Å². The van der Waals surface area contributed by atoms with Gasteiger partial charge in [-0.1, -0.05) is 72.8 Å². The van der Waals surface area contributed by atoms with Gasteiger partial charge in [-0.15, -0.1) is 0 Å². The van der Waals surface area contributed by atoms with Crippen LogP contribution in [0.2, 0.25) is 0 Å². The van der Waals surface area contributed by atoms with Crippen molar-refractivity contribution in [3.05, 3.63) is 146 Å². The number of hydrogen-bond acceptors (Lipinski definition) is 4. The highest BCUT2D eigenvalue weighted by Gasteiger charge is 2.21. The Labute approximate surface area is 272 Å². The van der Waals surface area contributed by atoms with Crippen molar-refractivity contribution >= 4 is 66.6 Å². The van der Waals surface area contributed by atoms with Crippen molar-refractivity contribution in [1.82, 2.24) is 37.9 Å². The summed E-state index contributed by atoms with van der Waals surface area (Å²) in [6.45, 7) is 0. The first-order chi connectivity index (χ1) is 23.8. The normalized spacial score (nSPS) is 12.2. The first-order valence-corrected chi connectivity index (χ1v) is 15.9. The van der Waals surface area contributed by atoms with E-state index in [4.69, 9.17) is 19.9 Å². The minimum atomic E-state index is 0.592. The van der Waals surface area contributed by atoms with Crippen molar-refractivity contribution < 1.29 is 0 Å². The van der Waals surface area contributed by atoms with Gasteiger partial charge in [-0.3, -0.25) is 13.4 Å². The van der Waals surface area contributed by atoms with Crippen LogP contribution in [0.3, 0.4) is 0 Å². The van der Waals surface area contributed by atoms with E-state index in [1.54, 1.807) is 0 Å². The zero-order chi connectivity index (χ0) is 31.3. The van der Waals surface area contributed by atoms with Crippen LogP contribution in [0.4, 0.5) is 0 Å². The molecule has 0 aliphatic rings. The molecule has 224 valence electrons. The molecule has 0 aliphatic carbocycles. The second kappa shape index (κ2) is 9.37. The molecule has 8 nitrogen and oxygen atoms in total. The van der Waals surface area contributed by atoms with E-state index < -0.39 is 0 Å². The molecule has 0 atom stereocenters. The summed E-state index contributed by atoms with van der Waals surface area (Å²) in [5.41, 5.74) is 12.4. The lowest BCUT2D eigenvalue weighted by Gasteiger charge is -2.08. The largest absolute Gasteiger partial charge is 0.278 e. The van der Waals surface area contributed by atoms with Gasteiger partial charge in [0.05, 0.1) is 49.7 Å². The molecule has 0 unspecified atom stereocenters. The molecule has 6 aromatic carbocycles. The van der Waals surface area contributed by atoms with E-state index in [1.165, 1.54) is 0 Å². The van der Waals surface area contributed by atoms with Crippen LogP contribution in [0, 0.1) is 0 Å². The fraction of sp³-hybridized carbons (Fsp3) is 0. The third-order valence-electron chi connectivity index (χ3n) is 9.42. The molecule has 0 bridgehead atoms. The summed E-state index contributed by atoms with van der Waals surface area (Å²) in [7, 11) is 0. The third kappa shape index (κ3) is 3.43. The Bertz CT molecular complexity index is 3070. The Balaban J connectivity index is 1.18. The highest BCUT2D eigenvalue weighted by molar-refractivity contribution is 5.97. The zero-order valence-corrected chi connectivity index (χ0v) is 25.4. The summed E-state index contributed by atoms with van der Waals surface area (Å²) in [4.78, 5) is 19.9. The van der Waals surface area contributed by atoms with Crippen LogP contribution < -0.4 is 0 Å². The molecule has 0 saturated carbocycles. The summed E-state index contributed by atoms with van der Waals surface area (Å²) in [6, 6.07) is 48.4. The number of fused-ring (bicyclic) bond motifs is 11. The Kier molecular flexibility index (Phi) is 4.96. The average Bonchev–Trinajstić information content (AvgIpc) is 3.87. The van der Waals surface area contributed by atoms with Crippen molar-refractivity contribution in [2.75, 3.05) is 0 Å². The quantitative estimate of drug-likeness (QED) is 0.199. The molecule has 0 saturated heterocycles. The monoisotopic (exact) mass is 616 g/mol. The Hall–Kier alpha value is -6.80. The summed E-state index contributed by atoms with van der Waals surface area (Å²) >= 11 is 0. The average molecular weight is 617 g/mol. The maximum Gasteiger partial charge on any atom is 0.237 e. The van der Waals surface area contributed by atoms with Crippen molar-refractivity contribution in [3.8, 4) is 22.8 Å². The van der Waals surface area contributed by atoms with Gasteiger partial charge in [0.25, 0.3) is 0 Å². The van der Waals surface area contributed by atoms with Gasteiger partial charge in [0.2, 0.25) is 17.5 Å². The van der Waals surface area contributed by atoms with E-state index in [-0.39, 0.29) is 0 Å². The molecule has 0 N–H and O–H groups in total. The van der Waals surface area contributed by atoms with Gasteiger partial charge in [-0.05, 0) is 77.9 Å². The van der Waals surface area contributed by atoms with Crippen LogP contribution in [0.5, 0.6) is 0 Å². The van der Waals surface area contributed by atoms with Crippen LogP contribution in [0.1, 0.15) is 0 Å². The Morgan fingerprint density at radius 1 is 0.396 bits per heavy atom. The first-order valence-electron chi connectivity index (χ1n) is 15.9. The molecule has 48 heavy (non-hydrogen) atoms. The van der Waals surface area contributed by atoms with E-state index in [1.807, 2.05) is 48.7 Å². The van der Waals surface area contributed by atoms with E-state index in [2.05, 4.69) is 115 Å². The first kappa shape index (κ1) is 25.4. The van der Waals surface area contributed by atoms with Crippen molar-refractivity contribution in [1.29, 1.82) is 0 Å². The van der Waals surface area contributed by atoms with Gasteiger partial charge in [0.1, 0.15) is 0 Å². The number of aromatic nitrogens is 8. The Morgan fingerprint density at radius 2 is 0.938 bits per heavy atom. The topological polar surface area (TPSA) is 70.2 Å². The highest BCUT2D eigenvalue weighted by Crippen LogP contribution is 2.35. The number of benzene rings is 6. The lowest BCUT2D eigenvalue weighted by atomic mass is 10.0. The molecule has 5 aromatic heterocycles. The van der Waals surface area contributed by atoms with Gasteiger partial charge in [0, 0.05) is 17.3 Å². The molecule has 11 rings (SSSR count). The Morgan fingerprint density at radius 3 is 1.60 bits per heavy atom. The summed E-state index contributed by atoms with van der Waals surface area (Å²) in [6.07, 6.45) is 1.88. The fourth-order valence-corrected chi connectivity index (χ4v) is 7.26. The summed E-state index contributed by atoms with van der Waals surface area (Å²) in [5, 5.41) is 1.00. The van der Waals surface area contributed by atoms with Crippen molar-refractivity contribution in [2.24, 2.45) is 0 Å². The lowest BCUT2D eigenvalue weighted by Crippen LogP contribution is -2.01. The van der Waals surface area contributed by atoms with Crippen molar-refractivity contribution in [2.45, 2.75) is 0 Å². The van der Waals surface area contributed by atoms with Gasteiger partial charge in [0.15, 0.2) is 0 Å².